The van der Waals surface area contributed by atoms with Crippen molar-refractivity contribution in [2.24, 2.45) is 0 Å². The summed E-state index contributed by atoms with van der Waals surface area (Å²) in [6, 6.07) is 17.6. The molecule has 0 spiro atoms. The highest BCUT2D eigenvalue weighted by Crippen LogP contribution is 2.31. The topological polar surface area (TPSA) is 78.7 Å². The predicted octanol–water partition coefficient (Wildman–Crippen LogP) is 4.30. The number of rotatable bonds is 6. The average molecular weight is 444 g/mol. The summed E-state index contributed by atoms with van der Waals surface area (Å²) in [6.45, 7) is 2.90. The van der Waals surface area contributed by atoms with Crippen molar-refractivity contribution in [3.8, 4) is 23.1 Å². The molecule has 168 valence electrons. The van der Waals surface area contributed by atoms with Gasteiger partial charge in [0, 0.05) is 17.5 Å². The molecule has 0 unspecified atom stereocenters. The molecule has 5 rings (SSSR count). The van der Waals surface area contributed by atoms with Crippen molar-refractivity contribution in [2.45, 2.75) is 19.9 Å². The Morgan fingerprint density at radius 1 is 1.03 bits per heavy atom. The van der Waals surface area contributed by atoms with Crippen LogP contribution in [0.1, 0.15) is 16.8 Å². The second-order valence-electron chi connectivity index (χ2n) is 7.89. The van der Waals surface area contributed by atoms with Crippen LogP contribution in [0.2, 0.25) is 0 Å². The van der Waals surface area contributed by atoms with Crippen LogP contribution in [-0.2, 0) is 13.0 Å². The second kappa shape index (κ2) is 8.46. The number of fused-ring (bicyclic) bond motifs is 2. The Bertz CT molecular complexity index is 1330. The fourth-order valence-electron chi connectivity index (χ4n) is 4.05. The van der Waals surface area contributed by atoms with Gasteiger partial charge in [0.1, 0.15) is 0 Å². The number of aryl methyl sites for hydroxylation is 1. The van der Waals surface area contributed by atoms with Crippen molar-refractivity contribution in [3.63, 3.8) is 0 Å². The number of pyridine rings is 1. The van der Waals surface area contributed by atoms with Crippen molar-refractivity contribution < 1.29 is 19.0 Å². The summed E-state index contributed by atoms with van der Waals surface area (Å²) in [6.07, 6.45) is 0.253. The fraction of sp³-hybridized carbons (Fsp3) is 0.240. The van der Waals surface area contributed by atoms with Crippen LogP contribution in [0.3, 0.4) is 0 Å². The summed E-state index contributed by atoms with van der Waals surface area (Å²) in [4.78, 5) is 19.0. The molecule has 2 aromatic carbocycles. The smallest absolute Gasteiger partial charge is 0.416 e. The van der Waals surface area contributed by atoms with Crippen LogP contribution in [0.4, 0.5) is 4.79 Å². The van der Waals surface area contributed by atoms with E-state index in [0.29, 0.717) is 42.5 Å². The lowest BCUT2D eigenvalue weighted by molar-refractivity contribution is 0.136. The third kappa shape index (κ3) is 3.84. The van der Waals surface area contributed by atoms with Crippen LogP contribution in [0.25, 0.3) is 16.7 Å². The van der Waals surface area contributed by atoms with Gasteiger partial charge in [0.15, 0.2) is 17.1 Å². The molecule has 1 aliphatic heterocycles. The summed E-state index contributed by atoms with van der Waals surface area (Å²) in [5.41, 5.74) is 4.36. The molecule has 33 heavy (non-hydrogen) atoms. The molecule has 0 fully saturated rings. The molecule has 8 nitrogen and oxygen atoms in total. The van der Waals surface area contributed by atoms with Crippen molar-refractivity contribution in [3.05, 3.63) is 71.4 Å². The number of benzene rings is 2. The first-order valence-electron chi connectivity index (χ1n) is 10.7. The summed E-state index contributed by atoms with van der Waals surface area (Å²) in [7, 11) is 3.21. The van der Waals surface area contributed by atoms with Gasteiger partial charge in [-0.3, -0.25) is 0 Å². The van der Waals surface area contributed by atoms with Crippen molar-refractivity contribution in [2.75, 3.05) is 20.8 Å². The van der Waals surface area contributed by atoms with E-state index in [1.54, 1.807) is 23.8 Å². The molecule has 0 N–H and O–H groups in total. The Kier molecular flexibility index (Phi) is 5.34. The molecule has 0 saturated heterocycles. The van der Waals surface area contributed by atoms with Crippen LogP contribution in [0.15, 0.2) is 54.6 Å². The van der Waals surface area contributed by atoms with E-state index in [1.807, 2.05) is 61.5 Å². The number of aromatic nitrogens is 3. The van der Waals surface area contributed by atoms with E-state index in [-0.39, 0.29) is 0 Å². The van der Waals surface area contributed by atoms with Crippen LogP contribution in [0.5, 0.6) is 17.4 Å². The van der Waals surface area contributed by atoms with Gasteiger partial charge in [-0.2, -0.15) is 10.1 Å². The molecule has 0 aliphatic carbocycles. The first kappa shape index (κ1) is 20.8. The Morgan fingerprint density at radius 2 is 1.82 bits per heavy atom. The van der Waals surface area contributed by atoms with Crippen molar-refractivity contribution >= 4 is 17.1 Å². The first-order chi connectivity index (χ1) is 16.1. The first-order valence-corrected chi connectivity index (χ1v) is 10.7. The number of amides is 1. The molecule has 2 aromatic heterocycles. The van der Waals surface area contributed by atoms with E-state index >= 15 is 0 Å². The molecule has 0 radical (unpaired) electrons. The highest BCUT2D eigenvalue weighted by molar-refractivity contribution is 5.83. The number of hydrogen-bond acceptors (Lipinski definition) is 6. The maximum atomic E-state index is 12.7. The minimum atomic E-state index is -0.405. The maximum absolute atomic E-state index is 12.7. The SMILES string of the molecule is COc1ccc(CCN2Cc3cc4c(C)nn(-c5ccccc5)c4nc3OC2=O)cc1OC. The zero-order valence-corrected chi connectivity index (χ0v) is 18.7. The molecule has 8 heteroatoms. The number of ether oxygens (including phenoxy) is 3. The lowest BCUT2D eigenvalue weighted by atomic mass is 10.1. The zero-order valence-electron chi connectivity index (χ0n) is 18.7. The van der Waals surface area contributed by atoms with Gasteiger partial charge in [-0.05, 0) is 49.2 Å². The molecule has 1 aliphatic rings. The van der Waals surface area contributed by atoms with Gasteiger partial charge < -0.3 is 19.1 Å². The normalized spacial score (nSPS) is 13.1. The summed E-state index contributed by atoms with van der Waals surface area (Å²) in [5.74, 6) is 1.68. The van der Waals surface area contributed by atoms with E-state index in [9.17, 15) is 4.79 Å². The minimum absolute atomic E-state index is 0.340. The fourth-order valence-corrected chi connectivity index (χ4v) is 4.05. The maximum Gasteiger partial charge on any atom is 0.416 e. The van der Waals surface area contributed by atoms with Crippen LogP contribution < -0.4 is 14.2 Å². The summed E-state index contributed by atoms with van der Waals surface area (Å²) < 4.78 is 18.1. The molecule has 4 aromatic rings. The number of carbonyl (C=O) groups is 1. The molecule has 0 bridgehead atoms. The average Bonchev–Trinajstić information content (AvgIpc) is 3.17. The van der Waals surface area contributed by atoms with E-state index in [0.717, 1.165) is 27.9 Å². The zero-order chi connectivity index (χ0) is 22.9. The standard InChI is InChI=1S/C25H24N4O4/c1-16-20-14-18-15-28(12-11-17-9-10-21(31-2)22(13-17)32-3)25(30)33-24(18)26-23(20)29(27-16)19-7-5-4-6-8-19/h4-10,13-14H,11-12,15H2,1-3H3. The second-order valence-corrected chi connectivity index (χ2v) is 7.89. The third-order valence-electron chi connectivity index (χ3n) is 5.80. The molecular weight excluding hydrogens is 420 g/mol. The van der Waals surface area contributed by atoms with Gasteiger partial charge in [0.25, 0.3) is 0 Å². The highest BCUT2D eigenvalue weighted by Gasteiger charge is 2.27. The van der Waals surface area contributed by atoms with E-state index < -0.39 is 6.09 Å². The van der Waals surface area contributed by atoms with Crippen molar-refractivity contribution in [1.29, 1.82) is 0 Å². The largest absolute Gasteiger partial charge is 0.493 e. The Morgan fingerprint density at radius 3 is 2.58 bits per heavy atom. The quantitative estimate of drug-likeness (QED) is 0.441. The minimum Gasteiger partial charge on any atom is -0.493 e. The number of nitrogens with zero attached hydrogens (tertiary/aromatic N) is 4. The molecule has 1 amide bonds. The Balaban J connectivity index is 1.39. The molecule has 3 heterocycles. The lowest BCUT2D eigenvalue weighted by Gasteiger charge is -2.27. The Labute approximate surface area is 191 Å². The lowest BCUT2D eigenvalue weighted by Crippen LogP contribution is -2.38. The summed E-state index contributed by atoms with van der Waals surface area (Å²) >= 11 is 0. The van der Waals surface area contributed by atoms with Gasteiger partial charge in [-0.15, -0.1) is 0 Å². The van der Waals surface area contributed by atoms with Gasteiger partial charge in [0.05, 0.1) is 32.1 Å². The van der Waals surface area contributed by atoms with E-state index in [1.165, 1.54) is 0 Å². The Hall–Kier alpha value is -4.07. The van der Waals surface area contributed by atoms with Crippen molar-refractivity contribution in [1.82, 2.24) is 19.7 Å². The summed E-state index contributed by atoms with van der Waals surface area (Å²) in [5, 5.41) is 5.59. The van der Waals surface area contributed by atoms with Crippen LogP contribution in [0, 0.1) is 6.92 Å². The van der Waals surface area contributed by atoms with Gasteiger partial charge in [-0.1, -0.05) is 24.3 Å². The number of para-hydroxylation sites is 1. The number of carbonyl (C=O) groups excluding carboxylic acids is 1. The third-order valence-corrected chi connectivity index (χ3v) is 5.80. The van der Waals surface area contributed by atoms with Gasteiger partial charge in [-0.25, -0.2) is 9.48 Å². The van der Waals surface area contributed by atoms with E-state index in [2.05, 4.69) is 10.1 Å². The molecule has 0 saturated carbocycles. The van der Waals surface area contributed by atoms with Crippen LogP contribution in [-0.4, -0.2) is 46.5 Å². The van der Waals surface area contributed by atoms with E-state index in [4.69, 9.17) is 14.2 Å². The van der Waals surface area contributed by atoms with Crippen LogP contribution >= 0.6 is 0 Å². The van der Waals surface area contributed by atoms with Gasteiger partial charge >= 0.3 is 6.09 Å². The number of methoxy groups -OCH3 is 2. The predicted molar refractivity (Wildman–Crippen MR) is 123 cm³/mol. The molecule has 0 atom stereocenters. The highest BCUT2D eigenvalue weighted by atomic mass is 16.6. The molecular formula is C25H24N4O4. The van der Waals surface area contributed by atoms with Gasteiger partial charge in [0.2, 0.25) is 5.88 Å². The number of hydrogen-bond donors (Lipinski definition) is 0. The monoisotopic (exact) mass is 444 g/mol.